The first kappa shape index (κ1) is 15.5. The first-order chi connectivity index (χ1) is 10.1. The monoisotopic (exact) mass is 303 g/mol. The van der Waals surface area contributed by atoms with Crippen LogP contribution in [0.2, 0.25) is 0 Å². The molecule has 0 spiro atoms. The Bertz CT molecular complexity index is 636. The smallest absolute Gasteiger partial charge is 0.275 e. The van der Waals surface area contributed by atoms with E-state index in [0.29, 0.717) is 4.88 Å². The summed E-state index contributed by atoms with van der Waals surface area (Å²) < 4.78 is 0. The Kier molecular flexibility index (Phi) is 4.98. The highest BCUT2D eigenvalue weighted by Crippen LogP contribution is 2.26. The van der Waals surface area contributed by atoms with E-state index in [1.165, 1.54) is 28.2 Å². The fourth-order valence-electron chi connectivity index (χ4n) is 2.35. The molecule has 0 bridgehead atoms. The molecular formula is C16H21N3OS. The molecule has 0 aliphatic heterocycles. The summed E-state index contributed by atoms with van der Waals surface area (Å²) in [5, 5.41) is 0. The van der Waals surface area contributed by atoms with Crippen molar-refractivity contribution in [3.63, 3.8) is 0 Å². The molecular weight excluding hydrogens is 282 g/mol. The lowest BCUT2D eigenvalue weighted by molar-refractivity contribution is 0.0957. The Morgan fingerprint density at radius 1 is 1.33 bits per heavy atom. The highest BCUT2D eigenvalue weighted by molar-refractivity contribution is 7.14. The second-order valence-electron chi connectivity index (χ2n) is 4.97. The van der Waals surface area contributed by atoms with Gasteiger partial charge in [-0.1, -0.05) is 18.2 Å². The summed E-state index contributed by atoms with van der Waals surface area (Å²) >= 11 is 1.48. The van der Waals surface area contributed by atoms with Crippen LogP contribution >= 0.6 is 11.3 Å². The number of nitrogen functional groups attached to an aromatic ring is 1. The molecule has 4 nitrogen and oxygen atoms in total. The Morgan fingerprint density at radius 3 is 2.67 bits per heavy atom. The molecule has 0 saturated carbocycles. The molecule has 1 amide bonds. The van der Waals surface area contributed by atoms with Crippen LogP contribution in [0.1, 0.15) is 32.6 Å². The summed E-state index contributed by atoms with van der Waals surface area (Å²) in [5.41, 5.74) is 5.85. The van der Waals surface area contributed by atoms with Crippen LogP contribution in [0.5, 0.6) is 0 Å². The van der Waals surface area contributed by atoms with Gasteiger partial charge >= 0.3 is 0 Å². The summed E-state index contributed by atoms with van der Waals surface area (Å²) in [6, 6.07) is 10.3. The maximum absolute atomic E-state index is 11.6. The van der Waals surface area contributed by atoms with Crippen LogP contribution in [-0.2, 0) is 6.54 Å². The lowest BCUT2D eigenvalue weighted by Crippen LogP contribution is -2.29. The lowest BCUT2D eigenvalue weighted by Gasteiger charge is -2.25. The molecule has 3 N–H and O–H groups in total. The number of hydrazine groups is 1. The third-order valence-electron chi connectivity index (χ3n) is 3.57. The van der Waals surface area contributed by atoms with Gasteiger partial charge in [0, 0.05) is 23.7 Å². The van der Waals surface area contributed by atoms with E-state index in [4.69, 9.17) is 5.84 Å². The summed E-state index contributed by atoms with van der Waals surface area (Å²) in [5.74, 6) is 4.97. The Hall–Kier alpha value is -1.85. The molecule has 21 heavy (non-hydrogen) atoms. The fourth-order valence-corrected chi connectivity index (χ4v) is 3.29. The third-order valence-corrected chi connectivity index (χ3v) is 4.67. The van der Waals surface area contributed by atoms with Gasteiger partial charge in [-0.3, -0.25) is 10.2 Å². The van der Waals surface area contributed by atoms with Crippen LogP contribution < -0.4 is 16.2 Å². The van der Waals surface area contributed by atoms with Crippen LogP contribution in [0.15, 0.2) is 30.3 Å². The lowest BCUT2D eigenvalue weighted by atomic mass is 10.1. The molecule has 1 aromatic heterocycles. The number of rotatable bonds is 5. The van der Waals surface area contributed by atoms with Gasteiger partial charge in [-0.25, -0.2) is 5.84 Å². The molecule has 2 rings (SSSR count). The SMILES string of the molecule is CCN(Cc1cc(C(=O)NN)sc1C)c1ccccc1C. The van der Waals surface area contributed by atoms with Crippen molar-refractivity contribution in [2.75, 3.05) is 11.4 Å². The number of aryl methyl sites for hydroxylation is 2. The van der Waals surface area contributed by atoms with Crippen molar-refractivity contribution in [3.05, 3.63) is 51.2 Å². The van der Waals surface area contributed by atoms with E-state index in [0.717, 1.165) is 18.0 Å². The van der Waals surface area contributed by atoms with Crippen LogP contribution in [0.3, 0.4) is 0 Å². The van der Waals surface area contributed by atoms with Crippen molar-refractivity contribution >= 4 is 22.9 Å². The molecule has 0 radical (unpaired) electrons. The minimum Gasteiger partial charge on any atom is -0.367 e. The van der Waals surface area contributed by atoms with Gasteiger partial charge in [0.15, 0.2) is 0 Å². The van der Waals surface area contributed by atoms with E-state index in [1.807, 2.05) is 19.1 Å². The highest BCUT2D eigenvalue weighted by atomic mass is 32.1. The zero-order valence-corrected chi connectivity index (χ0v) is 13.5. The van der Waals surface area contributed by atoms with Crippen LogP contribution in [-0.4, -0.2) is 12.5 Å². The number of benzene rings is 1. The summed E-state index contributed by atoms with van der Waals surface area (Å²) in [7, 11) is 0. The van der Waals surface area contributed by atoms with Gasteiger partial charge in [0.1, 0.15) is 0 Å². The molecule has 1 heterocycles. The van der Waals surface area contributed by atoms with Gasteiger partial charge in [0.25, 0.3) is 5.91 Å². The molecule has 2 aromatic rings. The third kappa shape index (κ3) is 3.43. The standard InChI is InChI=1S/C16H21N3OS/c1-4-19(14-8-6-5-7-11(14)2)10-13-9-15(16(20)18-17)21-12(13)3/h5-9H,4,10,17H2,1-3H3,(H,18,20). The Labute approximate surface area is 129 Å². The second-order valence-corrected chi connectivity index (χ2v) is 6.22. The van der Waals surface area contributed by atoms with E-state index < -0.39 is 0 Å². The van der Waals surface area contributed by atoms with Gasteiger partial charge in [0.2, 0.25) is 0 Å². The van der Waals surface area contributed by atoms with Crippen molar-refractivity contribution in [1.82, 2.24) is 5.43 Å². The minimum absolute atomic E-state index is 0.228. The van der Waals surface area contributed by atoms with Gasteiger partial charge in [0.05, 0.1) is 4.88 Å². The molecule has 0 saturated heterocycles. The van der Waals surface area contributed by atoms with Crippen LogP contribution in [0.25, 0.3) is 0 Å². The molecule has 112 valence electrons. The second kappa shape index (κ2) is 6.74. The molecule has 5 heteroatoms. The normalized spacial score (nSPS) is 10.5. The Balaban J connectivity index is 2.25. The predicted molar refractivity (Wildman–Crippen MR) is 88.6 cm³/mol. The van der Waals surface area contributed by atoms with Crippen LogP contribution in [0.4, 0.5) is 5.69 Å². The first-order valence-electron chi connectivity index (χ1n) is 6.97. The number of carbonyl (C=O) groups is 1. The van der Waals surface area contributed by atoms with Crippen molar-refractivity contribution in [2.24, 2.45) is 5.84 Å². The Morgan fingerprint density at radius 2 is 2.05 bits per heavy atom. The molecule has 0 aliphatic rings. The predicted octanol–water partition coefficient (Wildman–Crippen LogP) is 2.99. The topological polar surface area (TPSA) is 58.4 Å². The van der Waals surface area contributed by atoms with Crippen molar-refractivity contribution in [3.8, 4) is 0 Å². The van der Waals surface area contributed by atoms with Crippen molar-refractivity contribution in [2.45, 2.75) is 27.3 Å². The average Bonchev–Trinajstić information content (AvgIpc) is 2.86. The number of carbonyl (C=O) groups excluding carboxylic acids is 1. The summed E-state index contributed by atoms with van der Waals surface area (Å²) in [6.45, 7) is 8.01. The number of hydrogen-bond donors (Lipinski definition) is 2. The summed E-state index contributed by atoms with van der Waals surface area (Å²) in [6.07, 6.45) is 0. The van der Waals surface area contributed by atoms with Crippen molar-refractivity contribution in [1.29, 1.82) is 0 Å². The number of para-hydroxylation sites is 1. The molecule has 1 aromatic carbocycles. The molecule has 0 atom stereocenters. The maximum atomic E-state index is 11.6. The zero-order valence-electron chi connectivity index (χ0n) is 12.6. The number of thiophene rings is 1. The van der Waals surface area contributed by atoms with Gasteiger partial charge in [-0.15, -0.1) is 11.3 Å². The van der Waals surface area contributed by atoms with E-state index in [9.17, 15) is 4.79 Å². The van der Waals surface area contributed by atoms with Crippen molar-refractivity contribution < 1.29 is 4.79 Å². The van der Waals surface area contributed by atoms with E-state index in [2.05, 4.69) is 42.4 Å². The first-order valence-corrected chi connectivity index (χ1v) is 7.79. The number of amides is 1. The highest BCUT2D eigenvalue weighted by Gasteiger charge is 2.14. The molecule has 0 fully saturated rings. The fraction of sp³-hybridized carbons (Fsp3) is 0.312. The number of nitrogens with zero attached hydrogens (tertiary/aromatic N) is 1. The molecule has 0 aliphatic carbocycles. The van der Waals surface area contributed by atoms with Gasteiger partial charge in [-0.05, 0) is 44.0 Å². The van der Waals surface area contributed by atoms with E-state index in [-0.39, 0.29) is 5.91 Å². The molecule has 0 unspecified atom stereocenters. The van der Waals surface area contributed by atoms with Crippen LogP contribution in [0, 0.1) is 13.8 Å². The zero-order chi connectivity index (χ0) is 15.4. The van der Waals surface area contributed by atoms with Gasteiger partial charge < -0.3 is 4.90 Å². The summed E-state index contributed by atoms with van der Waals surface area (Å²) in [4.78, 5) is 15.7. The van der Waals surface area contributed by atoms with Gasteiger partial charge in [-0.2, -0.15) is 0 Å². The minimum atomic E-state index is -0.228. The number of hydrogen-bond acceptors (Lipinski definition) is 4. The maximum Gasteiger partial charge on any atom is 0.275 e. The van der Waals surface area contributed by atoms with E-state index >= 15 is 0 Å². The van der Waals surface area contributed by atoms with E-state index in [1.54, 1.807) is 0 Å². The number of anilines is 1. The average molecular weight is 303 g/mol. The quantitative estimate of drug-likeness (QED) is 0.507. The largest absolute Gasteiger partial charge is 0.367 e. The number of nitrogens with one attached hydrogen (secondary N) is 1. The number of nitrogens with two attached hydrogens (primary N) is 1.